The van der Waals surface area contributed by atoms with Crippen molar-refractivity contribution in [1.82, 2.24) is 10.3 Å². The van der Waals surface area contributed by atoms with Crippen LogP contribution < -0.4 is 10.1 Å². The fourth-order valence-electron chi connectivity index (χ4n) is 1.65. The number of hydrogen-bond acceptors (Lipinski definition) is 3. The molecule has 0 radical (unpaired) electrons. The van der Waals surface area contributed by atoms with Gasteiger partial charge in [-0.2, -0.15) is 0 Å². The molecule has 21 heavy (non-hydrogen) atoms. The molecule has 0 bridgehead atoms. The number of benzene rings is 1. The maximum absolute atomic E-state index is 6.24. The summed E-state index contributed by atoms with van der Waals surface area (Å²) in [7, 11) is 0. The molecule has 112 valence electrons. The zero-order valence-corrected chi connectivity index (χ0v) is 14.6. The molecule has 0 amide bonds. The first-order chi connectivity index (χ1) is 9.83. The summed E-state index contributed by atoms with van der Waals surface area (Å²) in [5.74, 6) is 1.11. The number of ether oxygens (including phenoxy) is 1. The van der Waals surface area contributed by atoms with Gasteiger partial charge in [0.1, 0.15) is 10.8 Å². The van der Waals surface area contributed by atoms with E-state index in [0.717, 1.165) is 10.0 Å². The second kappa shape index (κ2) is 6.77. The predicted octanol–water partition coefficient (Wildman–Crippen LogP) is 5.18. The molecule has 5 heteroatoms. The highest BCUT2D eigenvalue weighted by Gasteiger charge is 2.11. The molecule has 0 fully saturated rings. The lowest BCUT2D eigenvalue weighted by Crippen LogP contribution is -2.35. The Morgan fingerprint density at radius 3 is 2.67 bits per heavy atom. The molecule has 1 aromatic carbocycles. The molecule has 0 saturated carbocycles. The van der Waals surface area contributed by atoms with E-state index in [0.29, 0.717) is 23.2 Å². The number of rotatable bonds is 4. The van der Waals surface area contributed by atoms with E-state index in [1.165, 1.54) is 0 Å². The molecule has 0 atom stereocenters. The van der Waals surface area contributed by atoms with Crippen molar-refractivity contribution in [3.05, 3.63) is 51.6 Å². The van der Waals surface area contributed by atoms with E-state index in [9.17, 15) is 0 Å². The van der Waals surface area contributed by atoms with Gasteiger partial charge in [-0.1, -0.05) is 33.6 Å². The Morgan fingerprint density at radius 2 is 2.05 bits per heavy atom. The number of aromatic nitrogens is 1. The molecular formula is C16H18BrClN2O. The molecular weight excluding hydrogens is 352 g/mol. The number of nitrogens with zero attached hydrogens (tertiary/aromatic N) is 1. The van der Waals surface area contributed by atoms with Gasteiger partial charge in [0, 0.05) is 22.8 Å². The zero-order chi connectivity index (χ0) is 15.5. The van der Waals surface area contributed by atoms with E-state index in [2.05, 4.69) is 47.0 Å². The van der Waals surface area contributed by atoms with Crippen molar-refractivity contribution in [2.75, 3.05) is 0 Å². The van der Waals surface area contributed by atoms with Crippen molar-refractivity contribution in [2.45, 2.75) is 32.9 Å². The molecule has 1 aromatic heterocycles. The lowest BCUT2D eigenvalue weighted by molar-refractivity contribution is 0.423. The molecule has 0 aliphatic rings. The topological polar surface area (TPSA) is 34.2 Å². The Kier molecular flexibility index (Phi) is 5.25. The molecule has 0 aliphatic heterocycles. The Bertz CT molecular complexity index is 626. The van der Waals surface area contributed by atoms with Crippen molar-refractivity contribution in [2.24, 2.45) is 0 Å². The summed E-state index contributed by atoms with van der Waals surface area (Å²) in [6.07, 6.45) is 1.78. The SMILES string of the molecule is CC(C)(C)NCc1cnc(Oc2cccc(Br)c2)c(Cl)c1. The molecule has 1 heterocycles. The third-order valence-electron chi connectivity index (χ3n) is 2.70. The lowest BCUT2D eigenvalue weighted by atomic mass is 10.1. The Balaban J connectivity index is 2.09. The van der Waals surface area contributed by atoms with Crippen LogP contribution in [0.3, 0.4) is 0 Å². The molecule has 2 rings (SSSR count). The molecule has 0 unspecified atom stereocenters. The van der Waals surface area contributed by atoms with Crippen LogP contribution in [-0.4, -0.2) is 10.5 Å². The second-order valence-corrected chi connectivity index (χ2v) is 7.12. The van der Waals surface area contributed by atoms with Gasteiger partial charge < -0.3 is 10.1 Å². The number of hydrogen-bond donors (Lipinski definition) is 1. The third kappa shape index (κ3) is 5.30. The Labute approximate surface area is 138 Å². The van der Waals surface area contributed by atoms with E-state index in [-0.39, 0.29) is 5.54 Å². The van der Waals surface area contributed by atoms with Crippen LogP contribution >= 0.6 is 27.5 Å². The highest BCUT2D eigenvalue weighted by Crippen LogP contribution is 2.29. The minimum absolute atomic E-state index is 0.0535. The van der Waals surface area contributed by atoms with Crippen molar-refractivity contribution < 1.29 is 4.74 Å². The predicted molar refractivity (Wildman–Crippen MR) is 90.1 cm³/mol. The van der Waals surface area contributed by atoms with Crippen molar-refractivity contribution in [3.63, 3.8) is 0 Å². The fourth-order valence-corrected chi connectivity index (χ4v) is 2.25. The summed E-state index contributed by atoms with van der Waals surface area (Å²) in [6, 6.07) is 9.43. The molecule has 0 saturated heterocycles. The van der Waals surface area contributed by atoms with Crippen LogP contribution in [0.5, 0.6) is 11.6 Å². The van der Waals surface area contributed by atoms with E-state index >= 15 is 0 Å². The van der Waals surface area contributed by atoms with Crippen molar-refractivity contribution in [1.29, 1.82) is 0 Å². The summed E-state index contributed by atoms with van der Waals surface area (Å²) in [4.78, 5) is 4.29. The minimum Gasteiger partial charge on any atom is -0.438 e. The smallest absolute Gasteiger partial charge is 0.238 e. The Hall–Kier alpha value is -1.10. The van der Waals surface area contributed by atoms with Gasteiger partial charge >= 0.3 is 0 Å². The molecule has 0 aliphatic carbocycles. The van der Waals surface area contributed by atoms with Gasteiger partial charge in [-0.3, -0.25) is 0 Å². The first-order valence-electron chi connectivity index (χ1n) is 6.66. The molecule has 0 spiro atoms. The minimum atomic E-state index is 0.0535. The van der Waals surface area contributed by atoms with Gasteiger partial charge in [0.05, 0.1) is 0 Å². The Morgan fingerprint density at radius 1 is 1.29 bits per heavy atom. The van der Waals surface area contributed by atoms with Crippen LogP contribution in [0, 0.1) is 0 Å². The van der Waals surface area contributed by atoms with Crippen molar-refractivity contribution >= 4 is 27.5 Å². The summed E-state index contributed by atoms with van der Waals surface area (Å²) in [5, 5.41) is 3.90. The normalized spacial score (nSPS) is 11.5. The van der Waals surface area contributed by atoms with Crippen LogP contribution in [0.2, 0.25) is 5.02 Å². The van der Waals surface area contributed by atoms with E-state index < -0.39 is 0 Å². The first kappa shape index (κ1) is 16.3. The summed E-state index contributed by atoms with van der Waals surface area (Å²) >= 11 is 9.65. The van der Waals surface area contributed by atoms with Gasteiger partial charge in [-0.25, -0.2) is 4.98 Å². The highest BCUT2D eigenvalue weighted by molar-refractivity contribution is 9.10. The summed E-state index contributed by atoms with van der Waals surface area (Å²) in [6.45, 7) is 7.07. The average molecular weight is 370 g/mol. The van der Waals surface area contributed by atoms with Gasteiger partial charge in [-0.15, -0.1) is 0 Å². The third-order valence-corrected chi connectivity index (χ3v) is 3.46. The lowest BCUT2D eigenvalue weighted by Gasteiger charge is -2.20. The van der Waals surface area contributed by atoms with E-state index in [1.54, 1.807) is 6.20 Å². The quantitative estimate of drug-likeness (QED) is 0.806. The standard InChI is InChI=1S/C16H18BrClN2O/c1-16(2,3)20-10-11-7-14(18)15(19-9-11)21-13-6-4-5-12(17)8-13/h4-9,20H,10H2,1-3H3. The summed E-state index contributed by atoms with van der Waals surface area (Å²) < 4.78 is 6.64. The number of nitrogens with one attached hydrogen (secondary N) is 1. The zero-order valence-electron chi connectivity index (χ0n) is 12.3. The monoisotopic (exact) mass is 368 g/mol. The van der Waals surface area contributed by atoms with Gasteiger partial charge in [0.15, 0.2) is 0 Å². The fraction of sp³-hybridized carbons (Fsp3) is 0.312. The van der Waals surface area contributed by atoms with Crippen LogP contribution in [0.25, 0.3) is 0 Å². The average Bonchev–Trinajstić information content (AvgIpc) is 2.38. The van der Waals surface area contributed by atoms with Crippen LogP contribution in [0.4, 0.5) is 0 Å². The van der Waals surface area contributed by atoms with Crippen LogP contribution in [0.15, 0.2) is 41.0 Å². The second-order valence-electron chi connectivity index (χ2n) is 5.79. The van der Waals surface area contributed by atoms with Crippen LogP contribution in [0.1, 0.15) is 26.3 Å². The van der Waals surface area contributed by atoms with Gasteiger partial charge in [0.25, 0.3) is 0 Å². The first-order valence-corrected chi connectivity index (χ1v) is 7.83. The van der Waals surface area contributed by atoms with Crippen molar-refractivity contribution in [3.8, 4) is 11.6 Å². The largest absolute Gasteiger partial charge is 0.438 e. The maximum atomic E-state index is 6.24. The van der Waals surface area contributed by atoms with E-state index in [4.69, 9.17) is 16.3 Å². The number of halogens is 2. The summed E-state index contributed by atoms with van der Waals surface area (Å²) in [5.41, 5.74) is 1.08. The highest BCUT2D eigenvalue weighted by atomic mass is 79.9. The molecule has 3 nitrogen and oxygen atoms in total. The number of pyridine rings is 1. The van der Waals surface area contributed by atoms with E-state index in [1.807, 2.05) is 30.3 Å². The van der Waals surface area contributed by atoms with Crippen LogP contribution in [-0.2, 0) is 6.54 Å². The van der Waals surface area contributed by atoms with Gasteiger partial charge in [-0.05, 0) is 50.6 Å². The van der Waals surface area contributed by atoms with Gasteiger partial charge in [0.2, 0.25) is 5.88 Å². The maximum Gasteiger partial charge on any atom is 0.238 e. The molecule has 1 N–H and O–H groups in total. The molecule has 2 aromatic rings.